The molecular weight excluding hydrogens is 588 g/mol. The summed E-state index contributed by atoms with van der Waals surface area (Å²) in [5.41, 5.74) is 0.628. The van der Waals surface area contributed by atoms with Crippen LogP contribution in [-0.4, -0.2) is 82.6 Å². The Bertz CT molecular complexity index is 1810. The minimum atomic E-state index is -1.09. The fourth-order valence-electron chi connectivity index (χ4n) is 6.12. The molecule has 2 saturated heterocycles. The zero-order chi connectivity index (χ0) is 31.0. The molecule has 9 nitrogen and oxygen atoms in total. The second-order valence-electron chi connectivity index (χ2n) is 11.1. The number of benzene rings is 2. The van der Waals surface area contributed by atoms with E-state index >= 15 is 4.39 Å². The minimum Gasteiger partial charge on any atom is -0.462 e. The van der Waals surface area contributed by atoms with E-state index in [1.165, 1.54) is 11.1 Å². The number of nitrogens with zero attached hydrogens (tertiary/aromatic N) is 7. The van der Waals surface area contributed by atoms with E-state index in [9.17, 15) is 14.4 Å². The van der Waals surface area contributed by atoms with Gasteiger partial charge in [-0.1, -0.05) is 48.5 Å². The number of pyridine rings is 1. The second kappa shape index (κ2) is 12.3. The maximum atomic E-state index is 16.6. The third-order valence-corrected chi connectivity index (χ3v) is 8.75. The van der Waals surface area contributed by atoms with Crippen molar-refractivity contribution in [3.63, 3.8) is 0 Å². The zero-order valence-electron chi connectivity index (χ0n) is 24.1. The Morgan fingerprint density at radius 1 is 1.18 bits per heavy atom. The highest BCUT2D eigenvalue weighted by Gasteiger charge is 2.34. The van der Waals surface area contributed by atoms with Crippen LogP contribution >= 0.6 is 11.6 Å². The summed E-state index contributed by atoms with van der Waals surface area (Å²) in [5.74, 6) is -2.24. The van der Waals surface area contributed by atoms with E-state index < -0.39 is 23.6 Å². The molecule has 1 amide bonds. The normalized spacial score (nSPS) is 19.0. The molecule has 2 atom stereocenters. The first kappa shape index (κ1) is 29.7. The van der Waals surface area contributed by atoms with Crippen LogP contribution < -0.4 is 9.64 Å². The van der Waals surface area contributed by atoms with E-state index in [0.29, 0.717) is 33.8 Å². The largest absolute Gasteiger partial charge is 0.462 e. The Balaban J connectivity index is 1.45. The molecule has 2 aliphatic heterocycles. The lowest BCUT2D eigenvalue weighted by Gasteiger charge is -2.41. The lowest BCUT2D eigenvalue weighted by atomic mass is 10.0. The summed E-state index contributed by atoms with van der Waals surface area (Å²) < 4.78 is 36.4. The van der Waals surface area contributed by atoms with Crippen LogP contribution in [0, 0.1) is 17.1 Å². The van der Waals surface area contributed by atoms with Crippen LogP contribution in [0.4, 0.5) is 14.6 Å². The van der Waals surface area contributed by atoms with Crippen LogP contribution in [0.5, 0.6) is 6.01 Å². The number of halogens is 3. The number of amides is 1. The Labute approximate surface area is 258 Å². The first-order valence-corrected chi connectivity index (χ1v) is 14.8. The van der Waals surface area contributed by atoms with E-state index in [2.05, 4.69) is 32.5 Å². The van der Waals surface area contributed by atoms with Crippen LogP contribution in [0.3, 0.4) is 0 Å². The SMILES string of the molecule is C=C(F)C(=O)N1CCN(c2nc(OC[C@H]3CCCN3C)nc3c(F)c(-c4cccc5cccc(Cl)c45)ncc23)C[C@@H]1CC#N. The molecule has 226 valence electrons. The maximum Gasteiger partial charge on any atom is 0.319 e. The van der Waals surface area contributed by atoms with Crippen LogP contribution in [0.25, 0.3) is 32.9 Å². The summed E-state index contributed by atoms with van der Waals surface area (Å²) in [6.07, 6.45) is 3.51. The fourth-order valence-corrected chi connectivity index (χ4v) is 6.40. The van der Waals surface area contributed by atoms with Crippen molar-refractivity contribution in [2.75, 3.05) is 44.7 Å². The number of anilines is 1. The predicted molar refractivity (Wildman–Crippen MR) is 165 cm³/mol. The molecule has 4 heterocycles. The Kier molecular flexibility index (Phi) is 8.29. The maximum absolute atomic E-state index is 16.6. The molecule has 44 heavy (non-hydrogen) atoms. The number of fused-ring (bicyclic) bond motifs is 2. The van der Waals surface area contributed by atoms with Gasteiger partial charge < -0.3 is 19.4 Å². The van der Waals surface area contributed by atoms with Crippen LogP contribution in [0.15, 0.2) is 55.0 Å². The second-order valence-corrected chi connectivity index (χ2v) is 11.5. The fraction of sp³-hybridized carbons (Fsp3) is 0.344. The molecule has 2 aliphatic rings. The molecule has 12 heteroatoms. The number of hydrogen-bond donors (Lipinski definition) is 0. The van der Waals surface area contributed by atoms with Gasteiger partial charge in [-0.25, -0.2) is 8.78 Å². The number of carbonyl (C=O) groups excluding carboxylic acids is 1. The van der Waals surface area contributed by atoms with Gasteiger partial charge in [0.05, 0.1) is 23.9 Å². The monoisotopic (exact) mass is 617 g/mol. The lowest BCUT2D eigenvalue weighted by molar-refractivity contribution is -0.131. The van der Waals surface area contributed by atoms with E-state index in [0.717, 1.165) is 24.8 Å². The van der Waals surface area contributed by atoms with Crippen LogP contribution in [0.2, 0.25) is 5.02 Å². The third kappa shape index (κ3) is 5.51. The molecule has 6 rings (SSSR count). The molecule has 0 spiro atoms. The van der Waals surface area contributed by atoms with Crippen molar-refractivity contribution in [1.82, 2.24) is 24.8 Å². The number of rotatable bonds is 7. The molecule has 2 aromatic carbocycles. The van der Waals surface area contributed by atoms with E-state index in [1.807, 2.05) is 36.2 Å². The molecule has 4 aromatic rings. The average Bonchev–Trinajstić information content (AvgIpc) is 3.44. The minimum absolute atomic E-state index is 0.00674. The van der Waals surface area contributed by atoms with Crippen molar-refractivity contribution in [1.29, 1.82) is 5.26 Å². The Hall–Kier alpha value is -4.40. The summed E-state index contributed by atoms with van der Waals surface area (Å²) in [6.45, 7) is 4.95. The first-order chi connectivity index (χ1) is 21.3. The predicted octanol–water partition coefficient (Wildman–Crippen LogP) is 5.52. The van der Waals surface area contributed by atoms with Crippen molar-refractivity contribution in [2.24, 2.45) is 0 Å². The van der Waals surface area contributed by atoms with E-state index in [-0.39, 0.29) is 49.3 Å². The van der Waals surface area contributed by atoms with E-state index in [1.54, 1.807) is 12.1 Å². The number of hydrogen-bond acceptors (Lipinski definition) is 8. The summed E-state index contributed by atoms with van der Waals surface area (Å²) in [5, 5.41) is 11.8. The summed E-state index contributed by atoms with van der Waals surface area (Å²) >= 11 is 6.56. The number of likely N-dealkylation sites (N-methyl/N-ethyl adjacent to an activating group) is 1. The molecule has 2 fully saturated rings. The van der Waals surface area contributed by atoms with Gasteiger partial charge in [-0.05, 0) is 37.9 Å². The molecule has 0 saturated carbocycles. The van der Waals surface area contributed by atoms with Crippen molar-refractivity contribution in [3.8, 4) is 23.3 Å². The quantitative estimate of drug-likeness (QED) is 0.250. The highest BCUT2D eigenvalue weighted by atomic mass is 35.5. The van der Waals surface area contributed by atoms with Gasteiger partial charge in [0.1, 0.15) is 23.6 Å². The van der Waals surface area contributed by atoms with Gasteiger partial charge >= 0.3 is 6.01 Å². The molecule has 2 aromatic heterocycles. The summed E-state index contributed by atoms with van der Waals surface area (Å²) in [7, 11) is 2.03. The standard InChI is InChI=1S/C32H30ClF2N7O2/c1-19(34)31(43)42-15-14-41(17-21(42)11-12-36)30-24-16-37-28(23-9-3-6-20-7-4-10-25(33)26(20)23)27(35)29(24)38-32(39-30)44-18-22-8-5-13-40(22)2/h3-4,6-7,9-10,16,21-22H,1,5,8,11,13-15,17-18H2,2H3/t21-,22+/m0/s1. The Morgan fingerprint density at radius 3 is 2.70 bits per heavy atom. The smallest absolute Gasteiger partial charge is 0.319 e. The van der Waals surface area contributed by atoms with E-state index in [4.69, 9.17) is 16.3 Å². The zero-order valence-corrected chi connectivity index (χ0v) is 24.9. The van der Waals surface area contributed by atoms with Gasteiger partial charge in [0.2, 0.25) is 0 Å². The molecular formula is C32H30ClF2N7O2. The molecule has 0 unspecified atom stereocenters. The summed E-state index contributed by atoms with van der Waals surface area (Å²) in [6, 6.07) is 12.6. The molecule has 0 N–H and O–H groups in total. The van der Waals surface area contributed by atoms with Crippen LogP contribution in [0.1, 0.15) is 19.3 Å². The van der Waals surface area contributed by atoms with Gasteiger partial charge in [0.25, 0.3) is 5.91 Å². The topological polar surface area (TPSA) is 98.5 Å². The average molecular weight is 618 g/mol. The lowest BCUT2D eigenvalue weighted by Crippen LogP contribution is -2.55. The van der Waals surface area contributed by atoms with Crippen molar-refractivity contribution in [2.45, 2.75) is 31.3 Å². The van der Waals surface area contributed by atoms with Gasteiger partial charge in [-0.3, -0.25) is 9.78 Å². The number of nitriles is 1. The van der Waals surface area contributed by atoms with Gasteiger partial charge in [0.15, 0.2) is 11.6 Å². The first-order valence-electron chi connectivity index (χ1n) is 14.4. The Morgan fingerprint density at radius 2 is 1.98 bits per heavy atom. The molecule has 0 radical (unpaired) electrons. The number of likely N-dealkylation sites (tertiary alicyclic amines) is 1. The third-order valence-electron chi connectivity index (χ3n) is 8.43. The molecule has 0 bridgehead atoms. The highest BCUT2D eigenvalue weighted by molar-refractivity contribution is 6.36. The number of ether oxygens (including phenoxy) is 1. The summed E-state index contributed by atoms with van der Waals surface area (Å²) in [4.78, 5) is 31.5. The van der Waals surface area contributed by atoms with Crippen molar-refractivity contribution >= 4 is 45.0 Å². The van der Waals surface area contributed by atoms with Gasteiger partial charge in [-0.2, -0.15) is 15.2 Å². The van der Waals surface area contributed by atoms with Crippen LogP contribution in [-0.2, 0) is 4.79 Å². The van der Waals surface area contributed by atoms with Gasteiger partial charge in [-0.15, -0.1) is 0 Å². The van der Waals surface area contributed by atoms with Gasteiger partial charge in [0, 0.05) is 47.8 Å². The van der Waals surface area contributed by atoms with Crippen molar-refractivity contribution in [3.05, 3.63) is 65.8 Å². The number of carbonyl (C=O) groups is 1. The van der Waals surface area contributed by atoms with Crippen molar-refractivity contribution < 1.29 is 18.3 Å². The number of piperazine rings is 1. The highest BCUT2D eigenvalue weighted by Crippen LogP contribution is 2.37. The number of aromatic nitrogens is 3. The molecule has 0 aliphatic carbocycles.